The minimum Gasteiger partial charge on any atom is -0.340 e. The van der Waals surface area contributed by atoms with Crippen molar-refractivity contribution in [2.45, 2.75) is 19.3 Å². The molecular weight excluding hydrogens is 320 g/mol. The second-order valence-electron chi connectivity index (χ2n) is 7.73. The predicted molar refractivity (Wildman–Crippen MR) is 106 cm³/mol. The molecule has 3 aromatic rings. The molecule has 1 spiro atoms. The number of anilines is 1. The molecule has 0 unspecified atom stereocenters. The highest BCUT2D eigenvalue weighted by atomic mass is 15.3. The Bertz CT molecular complexity index is 930. The van der Waals surface area contributed by atoms with Crippen LogP contribution in [0, 0.1) is 5.41 Å². The van der Waals surface area contributed by atoms with Crippen LogP contribution in [0.1, 0.15) is 19.3 Å². The maximum atomic E-state index is 4.91. The van der Waals surface area contributed by atoms with Gasteiger partial charge in [-0.05, 0) is 60.7 Å². The van der Waals surface area contributed by atoms with Crippen molar-refractivity contribution in [3.8, 4) is 11.3 Å². The molecule has 2 fully saturated rings. The van der Waals surface area contributed by atoms with Crippen LogP contribution in [-0.2, 0) is 0 Å². The number of rotatable bonds is 2. The third-order valence-electron chi connectivity index (χ3n) is 6.07. The Balaban J connectivity index is 1.43. The van der Waals surface area contributed by atoms with Crippen molar-refractivity contribution < 1.29 is 0 Å². The van der Waals surface area contributed by atoms with Gasteiger partial charge < -0.3 is 10.2 Å². The lowest BCUT2D eigenvalue weighted by Gasteiger charge is -2.33. The highest BCUT2D eigenvalue weighted by Crippen LogP contribution is 2.39. The molecule has 0 saturated carbocycles. The summed E-state index contributed by atoms with van der Waals surface area (Å²) in [5.74, 6) is 0.881. The average molecular weight is 344 g/mol. The third kappa shape index (κ3) is 2.84. The molecule has 0 bridgehead atoms. The van der Waals surface area contributed by atoms with E-state index in [1.807, 2.05) is 12.3 Å². The summed E-state index contributed by atoms with van der Waals surface area (Å²) in [6.07, 6.45) is 5.71. The SMILES string of the molecule is c1ccc2cc(-c3ccnc(N4CCC5(CCNCC5)C4)n3)ccc2c1. The topological polar surface area (TPSA) is 41.1 Å². The minimum absolute atomic E-state index is 0.466. The summed E-state index contributed by atoms with van der Waals surface area (Å²) in [7, 11) is 0. The van der Waals surface area contributed by atoms with Gasteiger partial charge in [-0.25, -0.2) is 9.97 Å². The first-order chi connectivity index (χ1) is 12.8. The Morgan fingerprint density at radius 2 is 1.77 bits per heavy atom. The van der Waals surface area contributed by atoms with Gasteiger partial charge in [0.25, 0.3) is 0 Å². The van der Waals surface area contributed by atoms with E-state index in [4.69, 9.17) is 4.98 Å². The first-order valence-corrected chi connectivity index (χ1v) is 9.59. The standard InChI is InChI=1S/C22H24N4/c1-2-4-18-15-19(6-5-17(18)3-1)20-7-11-24-21(25-20)26-14-10-22(16-26)8-12-23-13-9-22/h1-7,11,15,23H,8-10,12-14,16H2. The Labute approximate surface area is 154 Å². The lowest BCUT2D eigenvalue weighted by atomic mass is 9.78. The summed E-state index contributed by atoms with van der Waals surface area (Å²) in [6.45, 7) is 4.45. The second-order valence-corrected chi connectivity index (χ2v) is 7.73. The van der Waals surface area contributed by atoms with Gasteiger partial charge in [0.05, 0.1) is 5.69 Å². The van der Waals surface area contributed by atoms with Crippen molar-refractivity contribution in [3.05, 3.63) is 54.7 Å². The van der Waals surface area contributed by atoms with Crippen LogP contribution in [0.25, 0.3) is 22.0 Å². The fourth-order valence-corrected chi connectivity index (χ4v) is 4.48. The zero-order chi connectivity index (χ0) is 17.4. The first-order valence-electron chi connectivity index (χ1n) is 9.59. The Morgan fingerprint density at radius 3 is 2.65 bits per heavy atom. The summed E-state index contributed by atoms with van der Waals surface area (Å²) in [5.41, 5.74) is 2.63. The Hall–Kier alpha value is -2.46. The van der Waals surface area contributed by atoms with Gasteiger partial charge >= 0.3 is 0 Å². The fourth-order valence-electron chi connectivity index (χ4n) is 4.48. The summed E-state index contributed by atoms with van der Waals surface area (Å²) >= 11 is 0. The molecular formula is C22H24N4. The largest absolute Gasteiger partial charge is 0.340 e. The Kier molecular flexibility index (Phi) is 3.86. The summed E-state index contributed by atoms with van der Waals surface area (Å²) in [5, 5.41) is 6.00. The molecule has 1 N–H and O–H groups in total. The number of hydrogen-bond acceptors (Lipinski definition) is 4. The predicted octanol–water partition coefficient (Wildman–Crippen LogP) is 3.88. The average Bonchev–Trinajstić information content (AvgIpc) is 3.11. The molecule has 0 atom stereocenters. The normalized spacial score (nSPS) is 19.3. The van der Waals surface area contributed by atoms with Crippen LogP contribution in [0.4, 0.5) is 5.95 Å². The van der Waals surface area contributed by atoms with E-state index in [2.05, 4.69) is 57.7 Å². The van der Waals surface area contributed by atoms with Crippen LogP contribution < -0.4 is 10.2 Å². The van der Waals surface area contributed by atoms with Gasteiger partial charge in [0.2, 0.25) is 5.95 Å². The second kappa shape index (κ2) is 6.36. The number of nitrogens with zero attached hydrogens (tertiary/aromatic N) is 3. The summed E-state index contributed by atoms with van der Waals surface area (Å²) in [6, 6.07) is 17.0. The number of piperidine rings is 1. The van der Waals surface area contributed by atoms with Crippen molar-refractivity contribution in [2.75, 3.05) is 31.1 Å². The molecule has 5 rings (SSSR count). The van der Waals surface area contributed by atoms with E-state index in [9.17, 15) is 0 Å². The lowest BCUT2D eigenvalue weighted by Crippen LogP contribution is -2.38. The molecule has 4 nitrogen and oxygen atoms in total. The molecule has 3 heterocycles. The monoisotopic (exact) mass is 344 g/mol. The van der Waals surface area contributed by atoms with Crippen LogP contribution in [0.5, 0.6) is 0 Å². The maximum Gasteiger partial charge on any atom is 0.225 e. The molecule has 26 heavy (non-hydrogen) atoms. The van der Waals surface area contributed by atoms with Gasteiger partial charge in [0.1, 0.15) is 0 Å². The van der Waals surface area contributed by atoms with Crippen LogP contribution in [0.3, 0.4) is 0 Å². The van der Waals surface area contributed by atoms with Gasteiger partial charge in [-0.2, -0.15) is 0 Å². The van der Waals surface area contributed by atoms with Gasteiger partial charge in [0, 0.05) is 24.8 Å². The van der Waals surface area contributed by atoms with E-state index in [0.717, 1.165) is 43.4 Å². The van der Waals surface area contributed by atoms with E-state index >= 15 is 0 Å². The van der Waals surface area contributed by atoms with Crippen LogP contribution in [0.15, 0.2) is 54.7 Å². The molecule has 0 radical (unpaired) electrons. The lowest BCUT2D eigenvalue weighted by molar-refractivity contribution is 0.232. The molecule has 2 aliphatic heterocycles. The van der Waals surface area contributed by atoms with Crippen LogP contribution in [0.2, 0.25) is 0 Å². The van der Waals surface area contributed by atoms with Crippen molar-refractivity contribution in [2.24, 2.45) is 5.41 Å². The van der Waals surface area contributed by atoms with Crippen molar-refractivity contribution in [3.63, 3.8) is 0 Å². The van der Waals surface area contributed by atoms with Gasteiger partial charge in [0.15, 0.2) is 0 Å². The molecule has 2 aromatic carbocycles. The molecule has 2 aliphatic rings. The van der Waals surface area contributed by atoms with E-state index in [-0.39, 0.29) is 0 Å². The zero-order valence-electron chi connectivity index (χ0n) is 15.0. The summed E-state index contributed by atoms with van der Waals surface area (Å²) in [4.78, 5) is 11.9. The van der Waals surface area contributed by atoms with Crippen molar-refractivity contribution >= 4 is 16.7 Å². The van der Waals surface area contributed by atoms with Gasteiger partial charge in [-0.3, -0.25) is 0 Å². The van der Waals surface area contributed by atoms with E-state index in [0.29, 0.717) is 5.41 Å². The van der Waals surface area contributed by atoms with Crippen LogP contribution in [-0.4, -0.2) is 36.1 Å². The molecule has 1 aromatic heterocycles. The molecule has 0 aliphatic carbocycles. The minimum atomic E-state index is 0.466. The van der Waals surface area contributed by atoms with Crippen molar-refractivity contribution in [1.29, 1.82) is 0 Å². The highest BCUT2D eigenvalue weighted by Gasteiger charge is 2.39. The third-order valence-corrected chi connectivity index (χ3v) is 6.07. The summed E-state index contributed by atoms with van der Waals surface area (Å²) < 4.78 is 0. The van der Waals surface area contributed by atoms with E-state index < -0.39 is 0 Å². The molecule has 4 heteroatoms. The molecule has 0 amide bonds. The zero-order valence-corrected chi connectivity index (χ0v) is 15.0. The fraction of sp³-hybridized carbons (Fsp3) is 0.364. The molecule has 132 valence electrons. The number of aromatic nitrogens is 2. The molecule has 2 saturated heterocycles. The van der Waals surface area contributed by atoms with E-state index in [1.54, 1.807) is 0 Å². The van der Waals surface area contributed by atoms with Crippen LogP contribution >= 0.6 is 0 Å². The number of benzene rings is 2. The first kappa shape index (κ1) is 15.8. The Morgan fingerprint density at radius 1 is 0.923 bits per heavy atom. The number of fused-ring (bicyclic) bond motifs is 1. The number of nitrogens with one attached hydrogen (secondary N) is 1. The smallest absolute Gasteiger partial charge is 0.225 e. The number of hydrogen-bond donors (Lipinski definition) is 1. The van der Waals surface area contributed by atoms with Crippen molar-refractivity contribution in [1.82, 2.24) is 15.3 Å². The van der Waals surface area contributed by atoms with E-state index in [1.165, 1.54) is 30.0 Å². The highest BCUT2D eigenvalue weighted by molar-refractivity contribution is 5.86. The van der Waals surface area contributed by atoms with Gasteiger partial charge in [-0.1, -0.05) is 36.4 Å². The maximum absolute atomic E-state index is 4.91. The quantitative estimate of drug-likeness (QED) is 0.766. The van der Waals surface area contributed by atoms with Gasteiger partial charge in [-0.15, -0.1) is 0 Å².